The second kappa shape index (κ2) is 8.31. The van der Waals surface area contributed by atoms with Crippen molar-refractivity contribution < 1.29 is 19.0 Å². The number of hydrogen-bond acceptors (Lipinski definition) is 6. The molecule has 7 heteroatoms. The predicted octanol–water partition coefficient (Wildman–Crippen LogP) is 2.92. The number of ether oxygens (including phenoxy) is 3. The Balaban J connectivity index is 1.88. The van der Waals surface area contributed by atoms with E-state index in [0.717, 1.165) is 17.5 Å². The molecule has 1 fully saturated rings. The van der Waals surface area contributed by atoms with Crippen molar-refractivity contribution in [3.05, 3.63) is 47.8 Å². The van der Waals surface area contributed by atoms with E-state index in [-0.39, 0.29) is 11.3 Å². The predicted molar refractivity (Wildman–Crippen MR) is 101 cm³/mol. The number of hydrogen-bond donors (Lipinski definition) is 0. The first-order chi connectivity index (χ1) is 12.7. The van der Waals surface area contributed by atoms with Crippen LogP contribution in [0.5, 0.6) is 17.2 Å². The molecule has 138 valence electrons. The molecule has 1 aromatic heterocycles. The molecule has 1 atom stereocenters. The zero-order chi connectivity index (χ0) is 18.5. The molecule has 2 heterocycles. The number of aromatic nitrogens is 1. The quantitative estimate of drug-likeness (QED) is 0.743. The van der Waals surface area contributed by atoms with Crippen molar-refractivity contribution in [2.24, 2.45) is 0 Å². The number of carbonyl (C=O) groups excluding carboxylic acids is 1. The molecule has 0 N–H and O–H groups in total. The van der Waals surface area contributed by atoms with Gasteiger partial charge < -0.3 is 19.1 Å². The fraction of sp³-hybridized carbons (Fsp3) is 0.368. The lowest BCUT2D eigenvalue weighted by molar-refractivity contribution is -0.128. The number of amides is 1. The highest BCUT2D eigenvalue weighted by molar-refractivity contribution is 8.00. The lowest BCUT2D eigenvalue weighted by Crippen LogP contribution is -2.30. The van der Waals surface area contributed by atoms with Gasteiger partial charge in [0, 0.05) is 24.5 Å². The average molecular weight is 374 g/mol. The van der Waals surface area contributed by atoms with Crippen LogP contribution in [0.3, 0.4) is 0 Å². The van der Waals surface area contributed by atoms with Crippen LogP contribution in [0.2, 0.25) is 0 Å². The Morgan fingerprint density at radius 3 is 2.46 bits per heavy atom. The van der Waals surface area contributed by atoms with E-state index in [9.17, 15) is 4.79 Å². The number of thioether (sulfide) groups is 1. The molecule has 2 aromatic rings. The van der Waals surface area contributed by atoms with Gasteiger partial charge in [0.25, 0.3) is 0 Å². The Morgan fingerprint density at radius 1 is 1.08 bits per heavy atom. The summed E-state index contributed by atoms with van der Waals surface area (Å²) in [6.45, 7) is 0.637. The third-order valence-corrected chi connectivity index (χ3v) is 5.60. The molecule has 3 rings (SSSR count). The van der Waals surface area contributed by atoms with Gasteiger partial charge in [-0.15, -0.1) is 11.8 Å². The zero-order valence-corrected chi connectivity index (χ0v) is 15.9. The van der Waals surface area contributed by atoms with E-state index in [4.69, 9.17) is 14.2 Å². The van der Waals surface area contributed by atoms with E-state index in [1.807, 2.05) is 29.2 Å². The molecule has 6 nitrogen and oxygen atoms in total. The fourth-order valence-corrected chi connectivity index (χ4v) is 4.31. The van der Waals surface area contributed by atoms with E-state index in [1.54, 1.807) is 45.5 Å². The van der Waals surface area contributed by atoms with E-state index < -0.39 is 0 Å². The Hall–Kier alpha value is -2.41. The smallest absolute Gasteiger partial charge is 0.233 e. The maximum absolute atomic E-state index is 12.5. The molecule has 26 heavy (non-hydrogen) atoms. The molecule has 1 amide bonds. The summed E-state index contributed by atoms with van der Waals surface area (Å²) in [5.74, 6) is 2.34. The van der Waals surface area contributed by atoms with E-state index >= 15 is 0 Å². The standard InChI is InChI=1S/C19H22N2O4S/c1-23-15-5-4-14(17(24-2)18(15)25-3)19-21(16(22)12-26-19)11-8-13-6-9-20-10-7-13/h4-7,9-10,19H,8,11-12H2,1-3H3. The molecule has 1 aliphatic rings. The monoisotopic (exact) mass is 374 g/mol. The van der Waals surface area contributed by atoms with Crippen molar-refractivity contribution in [1.82, 2.24) is 9.88 Å². The molecule has 1 unspecified atom stereocenters. The minimum absolute atomic E-state index is 0.112. The zero-order valence-electron chi connectivity index (χ0n) is 15.1. The van der Waals surface area contributed by atoms with Crippen LogP contribution >= 0.6 is 11.8 Å². The highest BCUT2D eigenvalue weighted by Crippen LogP contribution is 2.48. The van der Waals surface area contributed by atoms with Gasteiger partial charge in [-0.05, 0) is 36.2 Å². The summed E-state index contributed by atoms with van der Waals surface area (Å²) in [7, 11) is 4.77. The van der Waals surface area contributed by atoms with Crippen LogP contribution < -0.4 is 14.2 Å². The molecule has 0 aliphatic carbocycles. The third kappa shape index (κ3) is 3.58. The van der Waals surface area contributed by atoms with E-state index in [2.05, 4.69) is 4.98 Å². The summed E-state index contributed by atoms with van der Waals surface area (Å²) in [6.07, 6.45) is 4.32. The Labute approximate surface area is 157 Å². The van der Waals surface area contributed by atoms with Crippen LogP contribution in [0, 0.1) is 0 Å². The van der Waals surface area contributed by atoms with Gasteiger partial charge in [0.05, 0.1) is 27.1 Å². The van der Waals surface area contributed by atoms with Crippen LogP contribution in [-0.4, -0.2) is 49.4 Å². The summed E-state index contributed by atoms with van der Waals surface area (Å²) in [5.41, 5.74) is 2.07. The molecule has 0 spiro atoms. The van der Waals surface area contributed by atoms with Gasteiger partial charge >= 0.3 is 0 Å². The third-order valence-electron chi connectivity index (χ3n) is 4.36. The number of rotatable bonds is 7. The minimum atomic E-state index is -0.112. The Kier molecular flexibility index (Phi) is 5.88. The first kappa shape index (κ1) is 18.4. The van der Waals surface area contributed by atoms with Gasteiger partial charge in [0.2, 0.25) is 11.7 Å². The van der Waals surface area contributed by atoms with Crippen molar-refractivity contribution in [3.8, 4) is 17.2 Å². The second-order valence-corrected chi connectivity index (χ2v) is 6.85. The second-order valence-electron chi connectivity index (χ2n) is 5.78. The molecule has 0 saturated carbocycles. The largest absolute Gasteiger partial charge is 0.493 e. The van der Waals surface area contributed by atoms with Gasteiger partial charge in [-0.25, -0.2) is 0 Å². The lowest BCUT2D eigenvalue weighted by atomic mass is 10.1. The van der Waals surface area contributed by atoms with Crippen molar-refractivity contribution in [1.29, 1.82) is 0 Å². The fourth-order valence-electron chi connectivity index (χ4n) is 3.07. The van der Waals surface area contributed by atoms with Crippen LogP contribution in [0.15, 0.2) is 36.7 Å². The molecular weight excluding hydrogens is 352 g/mol. The summed E-state index contributed by atoms with van der Waals surface area (Å²) < 4.78 is 16.4. The van der Waals surface area contributed by atoms with Gasteiger partial charge in [-0.1, -0.05) is 0 Å². The number of methoxy groups -OCH3 is 3. The highest BCUT2D eigenvalue weighted by atomic mass is 32.2. The molecule has 1 aliphatic heterocycles. The molecule has 1 saturated heterocycles. The number of carbonyl (C=O) groups is 1. The Morgan fingerprint density at radius 2 is 1.81 bits per heavy atom. The van der Waals surface area contributed by atoms with E-state index in [0.29, 0.717) is 29.5 Å². The van der Waals surface area contributed by atoms with Crippen LogP contribution in [0.4, 0.5) is 0 Å². The number of pyridine rings is 1. The van der Waals surface area contributed by atoms with Gasteiger partial charge in [-0.2, -0.15) is 0 Å². The van der Waals surface area contributed by atoms with Crippen LogP contribution in [0.1, 0.15) is 16.5 Å². The minimum Gasteiger partial charge on any atom is -0.493 e. The first-order valence-corrected chi connectivity index (χ1v) is 9.33. The van der Waals surface area contributed by atoms with Crippen molar-refractivity contribution >= 4 is 17.7 Å². The maximum atomic E-state index is 12.5. The van der Waals surface area contributed by atoms with Crippen molar-refractivity contribution in [3.63, 3.8) is 0 Å². The Bertz CT molecular complexity index is 770. The summed E-state index contributed by atoms with van der Waals surface area (Å²) in [5, 5.41) is -0.112. The van der Waals surface area contributed by atoms with Crippen molar-refractivity contribution in [2.45, 2.75) is 11.8 Å². The normalized spacial score (nSPS) is 16.7. The number of nitrogens with zero attached hydrogens (tertiary/aromatic N) is 2. The van der Waals surface area contributed by atoms with Gasteiger partial charge in [0.15, 0.2) is 11.5 Å². The van der Waals surface area contributed by atoms with Crippen LogP contribution in [0.25, 0.3) is 0 Å². The number of benzene rings is 1. The lowest BCUT2D eigenvalue weighted by Gasteiger charge is -2.26. The van der Waals surface area contributed by atoms with Crippen LogP contribution in [-0.2, 0) is 11.2 Å². The average Bonchev–Trinajstić information content (AvgIpc) is 3.06. The van der Waals surface area contributed by atoms with E-state index in [1.165, 1.54) is 0 Å². The summed E-state index contributed by atoms with van der Waals surface area (Å²) >= 11 is 1.60. The molecular formula is C19H22N2O4S. The topological polar surface area (TPSA) is 60.9 Å². The molecule has 1 aromatic carbocycles. The SMILES string of the molecule is COc1ccc(C2SCC(=O)N2CCc2ccncc2)c(OC)c1OC. The van der Waals surface area contributed by atoms with Crippen molar-refractivity contribution in [2.75, 3.05) is 33.6 Å². The highest BCUT2D eigenvalue weighted by Gasteiger charge is 2.35. The van der Waals surface area contributed by atoms with Gasteiger partial charge in [-0.3, -0.25) is 9.78 Å². The molecule has 0 radical (unpaired) electrons. The summed E-state index contributed by atoms with van der Waals surface area (Å²) in [6, 6.07) is 7.73. The maximum Gasteiger partial charge on any atom is 0.233 e. The molecule has 0 bridgehead atoms. The summed E-state index contributed by atoms with van der Waals surface area (Å²) in [4.78, 5) is 18.4. The van der Waals surface area contributed by atoms with Gasteiger partial charge in [0.1, 0.15) is 5.37 Å². The first-order valence-electron chi connectivity index (χ1n) is 8.28.